The molecule has 6 heteroatoms. The van der Waals surface area contributed by atoms with Crippen molar-refractivity contribution in [3.63, 3.8) is 0 Å². The lowest BCUT2D eigenvalue weighted by atomic mass is 10.00. The quantitative estimate of drug-likeness (QED) is 0.644. The van der Waals surface area contributed by atoms with Gasteiger partial charge in [-0.3, -0.25) is 4.79 Å². The Bertz CT molecular complexity index is 893. The van der Waals surface area contributed by atoms with E-state index in [1.54, 1.807) is 17.0 Å². The number of unbranched alkanes of at least 4 members (excludes halogenated alkanes) is 1. The van der Waals surface area contributed by atoms with Crippen LogP contribution >= 0.6 is 23.2 Å². The van der Waals surface area contributed by atoms with Gasteiger partial charge in [0, 0.05) is 15.6 Å². The van der Waals surface area contributed by atoms with E-state index in [0.29, 0.717) is 29.8 Å². The van der Waals surface area contributed by atoms with E-state index in [1.807, 2.05) is 12.1 Å². The second-order valence-corrected chi connectivity index (χ2v) is 8.09. The summed E-state index contributed by atoms with van der Waals surface area (Å²) >= 11 is 12.4. The van der Waals surface area contributed by atoms with E-state index in [1.165, 1.54) is 5.56 Å². The second-order valence-electron chi connectivity index (χ2n) is 7.25. The van der Waals surface area contributed by atoms with Gasteiger partial charge in [-0.25, -0.2) is 0 Å². The highest BCUT2D eigenvalue weighted by atomic mass is 35.5. The molecule has 0 atom stereocenters. The highest BCUT2D eigenvalue weighted by molar-refractivity contribution is 6.35. The molecular formula is C22H23Cl2NO3. The van der Waals surface area contributed by atoms with Gasteiger partial charge >= 0.3 is 0 Å². The standard InChI is InChI=1S/C22H23Cl2NO3/c1-2-3-5-15-6-9-20-18(12-15)22(27-10-4-11-28-22)21(26)25(20)14-16-7-8-17(23)13-19(16)24/h6-9,12-13H,2-5,10-11,14H2,1H3. The summed E-state index contributed by atoms with van der Waals surface area (Å²) in [6.45, 7) is 3.51. The van der Waals surface area contributed by atoms with E-state index in [-0.39, 0.29) is 5.91 Å². The Morgan fingerprint density at radius 2 is 1.89 bits per heavy atom. The van der Waals surface area contributed by atoms with Crippen molar-refractivity contribution < 1.29 is 14.3 Å². The van der Waals surface area contributed by atoms with Crippen LogP contribution in [0.5, 0.6) is 0 Å². The molecule has 2 aliphatic rings. The molecule has 0 bridgehead atoms. The van der Waals surface area contributed by atoms with Gasteiger partial charge in [0.05, 0.1) is 25.4 Å². The Kier molecular flexibility index (Phi) is 5.66. The summed E-state index contributed by atoms with van der Waals surface area (Å²) in [5, 5.41) is 1.10. The number of aryl methyl sites for hydroxylation is 1. The van der Waals surface area contributed by atoms with Crippen LogP contribution in [0.25, 0.3) is 0 Å². The largest absolute Gasteiger partial charge is 0.338 e. The SMILES string of the molecule is CCCCc1ccc2c(c1)C1(OCCCO1)C(=O)N2Cc1ccc(Cl)cc1Cl. The van der Waals surface area contributed by atoms with Gasteiger partial charge in [-0.2, -0.15) is 0 Å². The Morgan fingerprint density at radius 3 is 2.61 bits per heavy atom. The van der Waals surface area contributed by atoms with Gasteiger partial charge < -0.3 is 14.4 Å². The van der Waals surface area contributed by atoms with Gasteiger partial charge in [-0.15, -0.1) is 0 Å². The Balaban J connectivity index is 1.74. The Labute approximate surface area is 175 Å². The maximum atomic E-state index is 13.5. The number of nitrogens with zero attached hydrogens (tertiary/aromatic N) is 1. The molecule has 1 amide bonds. The molecule has 2 aromatic carbocycles. The second kappa shape index (κ2) is 8.03. The molecule has 0 aliphatic carbocycles. The topological polar surface area (TPSA) is 38.8 Å². The molecule has 4 nitrogen and oxygen atoms in total. The summed E-state index contributed by atoms with van der Waals surface area (Å²) in [6, 6.07) is 11.5. The maximum Gasteiger partial charge on any atom is 0.292 e. The van der Waals surface area contributed by atoms with E-state index in [2.05, 4.69) is 19.1 Å². The van der Waals surface area contributed by atoms with Crippen molar-refractivity contribution in [2.24, 2.45) is 0 Å². The number of anilines is 1. The number of hydrogen-bond donors (Lipinski definition) is 0. The van der Waals surface area contributed by atoms with E-state index in [4.69, 9.17) is 32.7 Å². The van der Waals surface area contributed by atoms with Gasteiger partial charge in [0.25, 0.3) is 11.7 Å². The molecule has 1 fully saturated rings. The lowest BCUT2D eigenvalue weighted by Crippen LogP contribution is -2.47. The molecule has 2 aromatic rings. The molecule has 148 valence electrons. The molecule has 4 rings (SSSR count). The highest BCUT2D eigenvalue weighted by Crippen LogP contribution is 2.46. The molecular weight excluding hydrogens is 397 g/mol. The average molecular weight is 420 g/mol. The summed E-state index contributed by atoms with van der Waals surface area (Å²) < 4.78 is 11.9. The van der Waals surface area contributed by atoms with E-state index >= 15 is 0 Å². The lowest BCUT2D eigenvalue weighted by molar-refractivity contribution is -0.256. The van der Waals surface area contributed by atoms with Crippen LogP contribution < -0.4 is 4.90 Å². The van der Waals surface area contributed by atoms with E-state index < -0.39 is 5.79 Å². The molecule has 1 saturated heterocycles. The van der Waals surface area contributed by atoms with Crippen molar-refractivity contribution in [2.75, 3.05) is 18.1 Å². The number of carbonyl (C=O) groups is 1. The van der Waals surface area contributed by atoms with Gasteiger partial charge in [0.2, 0.25) is 0 Å². The third kappa shape index (κ3) is 3.43. The van der Waals surface area contributed by atoms with Crippen molar-refractivity contribution in [2.45, 2.75) is 44.9 Å². The third-order valence-corrected chi connectivity index (χ3v) is 5.88. The predicted octanol–water partition coefficient (Wildman–Crippen LogP) is 5.47. The van der Waals surface area contributed by atoms with Crippen LogP contribution in [0.4, 0.5) is 5.69 Å². The van der Waals surface area contributed by atoms with Gasteiger partial charge in [-0.1, -0.05) is 48.7 Å². The number of carbonyl (C=O) groups excluding carboxylic acids is 1. The number of amides is 1. The number of hydrogen-bond acceptors (Lipinski definition) is 3. The van der Waals surface area contributed by atoms with Crippen molar-refractivity contribution >= 4 is 34.8 Å². The average Bonchev–Trinajstić information content (AvgIpc) is 2.91. The van der Waals surface area contributed by atoms with Crippen LogP contribution in [0.2, 0.25) is 10.0 Å². The van der Waals surface area contributed by atoms with Crippen molar-refractivity contribution in [3.05, 3.63) is 63.1 Å². The molecule has 0 aromatic heterocycles. The molecule has 0 N–H and O–H groups in total. The van der Waals surface area contributed by atoms with Crippen molar-refractivity contribution in [1.82, 2.24) is 0 Å². The van der Waals surface area contributed by atoms with Crippen LogP contribution in [-0.2, 0) is 33.0 Å². The van der Waals surface area contributed by atoms with Crippen LogP contribution in [0.3, 0.4) is 0 Å². The van der Waals surface area contributed by atoms with Crippen LogP contribution in [0.15, 0.2) is 36.4 Å². The minimum absolute atomic E-state index is 0.194. The first-order valence-corrected chi connectivity index (χ1v) is 10.5. The lowest BCUT2D eigenvalue weighted by Gasteiger charge is -2.32. The van der Waals surface area contributed by atoms with E-state index in [9.17, 15) is 4.79 Å². The zero-order valence-electron chi connectivity index (χ0n) is 15.8. The minimum Gasteiger partial charge on any atom is -0.338 e. The number of rotatable bonds is 5. The summed E-state index contributed by atoms with van der Waals surface area (Å²) in [5.41, 5.74) is 3.64. The summed E-state index contributed by atoms with van der Waals surface area (Å²) in [6.07, 6.45) is 3.97. The number of benzene rings is 2. The molecule has 2 heterocycles. The van der Waals surface area contributed by atoms with Gasteiger partial charge in [-0.05, 0) is 54.7 Å². The molecule has 0 radical (unpaired) electrons. The van der Waals surface area contributed by atoms with E-state index in [0.717, 1.165) is 42.5 Å². The Hall–Kier alpha value is -1.59. The zero-order valence-corrected chi connectivity index (χ0v) is 17.4. The van der Waals surface area contributed by atoms with Crippen LogP contribution in [0, 0.1) is 0 Å². The first-order chi connectivity index (χ1) is 13.5. The Morgan fingerprint density at radius 1 is 1.11 bits per heavy atom. The maximum absolute atomic E-state index is 13.5. The minimum atomic E-state index is -1.34. The van der Waals surface area contributed by atoms with Crippen molar-refractivity contribution in [1.29, 1.82) is 0 Å². The van der Waals surface area contributed by atoms with Crippen LogP contribution in [-0.4, -0.2) is 19.1 Å². The summed E-state index contributed by atoms with van der Waals surface area (Å²) in [4.78, 5) is 15.2. The fraction of sp³-hybridized carbons (Fsp3) is 0.409. The monoisotopic (exact) mass is 419 g/mol. The molecule has 1 spiro atoms. The smallest absolute Gasteiger partial charge is 0.292 e. The zero-order chi connectivity index (χ0) is 19.7. The van der Waals surface area contributed by atoms with Crippen molar-refractivity contribution in [3.8, 4) is 0 Å². The molecule has 0 saturated carbocycles. The fourth-order valence-corrected chi connectivity index (χ4v) is 4.28. The third-order valence-electron chi connectivity index (χ3n) is 5.29. The normalized spacial score (nSPS) is 18.0. The number of halogens is 2. The van der Waals surface area contributed by atoms with Gasteiger partial charge in [0.1, 0.15) is 0 Å². The van der Waals surface area contributed by atoms with Gasteiger partial charge in [0.15, 0.2) is 0 Å². The highest BCUT2D eigenvalue weighted by Gasteiger charge is 2.55. The first kappa shape index (κ1) is 19.7. The fourth-order valence-electron chi connectivity index (χ4n) is 3.81. The van der Waals surface area contributed by atoms with Crippen LogP contribution in [0.1, 0.15) is 42.9 Å². The molecule has 0 unspecified atom stereocenters. The molecule has 2 aliphatic heterocycles. The summed E-state index contributed by atoms with van der Waals surface area (Å²) in [7, 11) is 0. The molecule has 28 heavy (non-hydrogen) atoms. The predicted molar refractivity (Wildman–Crippen MR) is 111 cm³/mol. The summed E-state index contributed by atoms with van der Waals surface area (Å²) in [5.74, 6) is -1.53. The number of fused-ring (bicyclic) bond motifs is 2. The first-order valence-electron chi connectivity index (χ1n) is 9.72. The number of ether oxygens (including phenoxy) is 2.